The van der Waals surface area contributed by atoms with Crippen molar-refractivity contribution >= 4 is 17.9 Å². The van der Waals surface area contributed by atoms with Gasteiger partial charge in [-0.15, -0.1) is 0 Å². The molecule has 0 aliphatic rings. The molecule has 3 heteroatoms. The molecule has 0 bridgehead atoms. The fourth-order valence-corrected chi connectivity index (χ4v) is 0.510. The van der Waals surface area contributed by atoms with E-state index in [0.29, 0.717) is 12.7 Å². The molecule has 0 unspecified atom stereocenters. The van der Waals surface area contributed by atoms with E-state index in [2.05, 4.69) is 0 Å². The Bertz CT molecular complexity index is 149. The molecule has 0 saturated carbocycles. The summed E-state index contributed by atoms with van der Waals surface area (Å²) in [5, 5.41) is 0. The van der Waals surface area contributed by atoms with Gasteiger partial charge >= 0.3 is 0 Å². The highest BCUT2D eigenvalue weighted by Crippen LogP contribution is 1.92. The van der Waals surface area contributed by atoms with Crippen LogP contribution >= 0.6 is 0 Å². The van der Waals surface area contributed by atoms with Gasteiger partial charge in [0.1, 0.15) is 17.9 Å². The Morgan fingerprint density at radius 2 is 1.90 bits per heavy atom. The highest BCUT2D eigenvalue weighted by atomic mass is 16.2. The highest BCUT2D eigenvalue weighted by Gasteiger charge is 2.05. The van der Waals surface area contributed by atoms with E-state index in [4.69, 9.17) is 0 Å². The summed E-state index contributed by atoms with van der Waals surface area (Å²) in [6.07, 6.45) is 0.664. The third-order valence-electron chi connectivity index (χ3n) is 1.10. The molecule has 56 valence electrons. The molecule has 0 radical (unpaired) electrons. The lowest BCUT2D eigenvalue weighted by atomic mass is 10.1. The largest absolute Gasteiger partial charge is 0.303 e. The van der Waals surface area contributed by atoms with Gasteiger partial charge < -0.3 is 4.79 Å². The molecule has 0 aliphatic carbocycles. The van der Waals surface area contributed by atoms with Crippen molar-refractivity contribution in [3.05, 3.63) is 0 Å². The van der Waals surface area contributed by atoms with Crippen LogP contribution in [0.25, 0.3) is 0 Å². The van der Waals surface area contributed by atoms with E-state index < -0.39 is 0 Å². The molecule has 3 nitrogen and oxygen atoms in total. The van der Waals surface area contributed by atoms with Crippen molar-refractivity contribution in [3.8, 4) is 0 Å². The summed E-state index contributed by atoms with van der Waals surface area (Å²) in [4.78, 5) is 30.9. The smallest absolute Gasteiger partial charge is 0.147 e. The number of Topliss-reactive ketones (excluding diaryl/α,β-unsaturated/α-hetero) is 2. The Morgan fingerprint density at radius 3 is 2.30 bits per heavy atom. The summed E-state index contributed by atoms with van der Waals surface area (Å²) in [5.74, 6) is -0.395. The second kappa shape index (κ2) is 4.85. The van der Waals surface area contributed by atoms with Gasteiger partial charge in [-0.3, -0.25) is 9.59 Å². The van der Waals surface area contributed by atoms with E-state index in [-0.39, 0.29) is 24.4 Å². The average molecular weight is 142 g/mol. The summed E-state index contributed by atoms with van der Waals surface area (Å²) < 4.78 is 0. The van der Waals surface area contributed by atoms with E-state index in [0.717, 1.165) is 0 Å². The SMILES string of the molecule is CCC(=O)CC(=O)CC=O. The molecule has 0 aromatic rings. The predicted molar refractivity (Wildman–Crippen MR) is 35.6 cm³/mol. The number of ketones is 2. The quantitative estimate of drug-likeness (QED) is 0.415. The molecule has 0 saturated heterocycles. The number of carbonyl (C=O) groups is 3. The van der Waals surface area contributed by atoms with Gasteiger partial charge in [0, 0.05) is 6.42 Å². The highest BCUT2D eigenvalue weighted by molar-refractivity contribution is 6.03. The Hall–Kier alpha value is -0.990. The van der Waals surface area contributed by atoms with Gasteiger partial charge in [0.2, 0.25) is 0 Å². The van der Waals surface area contributed by atoms with Crippen LogP contribution in [0.15, 0.2) is 0 Å². The summed E-state index contributed by atoms with van der Waals surface area (Å²) in [6.45, 7) is 1.69. The number of hydrogen-bond donors (Lipinski definition) is 0. The van der Waals surface area contributed by atoms with E-state index in [1.807, 2.05) is 0 Å². The lowest BCUT2D eigenvalue weighted by molar-refractivity contribution is -0.127. The molecule has 0 atom stereocenters. The third kappa shape index (κ3) is 3.95. The summed E-state index contributed by atoms with van der Waals surface area (Å²) in [5.41, 5.74) is 0. The van der Waals surface area contributed by atoms with Crippen LogP contribution in [0.3, 0.4) is 0 Å². The summed E-state index contributed by atoms with van der Waals surface area (Å²) >= 11 is 0. The van der Waals surface area contributed by atoms with Crippen molar-refractivity contribution in [2.24, 2.45) is 0 Å². The first-order valence-corrected chi connectivity index (χ1v) is 3.17. The molecule has 0 aromatic carbocycles. The topological polar surface area (TPSA) is 51.2 Å². The minimum atomic E-state index is -0.290. The minimum absolute atomic E-state index is 0.0881. The number of carbonyl (C=O) groups excluding carboxylic acids is 3. The molecule has 0 aliphatic heterocycles. The van der Waals surface area contributed by atoms with Crippen molar-refractivity contribution in [2.75, 3.05) is 0 Å². The molecule has 0 aromatic heterocycles. The first kappa shape index (κ1) is 9.01. The van der Waals surface area contributed by atoms with E-state index in [1.54, 1.807) is 6.92 Å². The second-order valence-corrected chi connectivity index (χ2v) is 1.98. The van der Waals surface area contributed by atoms with Gasteiger partial charge in [0.05, 0.1) is 12.8 Å². The van der Waals surface area contributed by atoms with Crippen molar-refractivity contribution in [2.45, 2.75) is 26.2 Å². The van der Waals surface area contributed by atoms with Crippen molar-refractivity contribution in [3.63, 3.8) is 0 Å². The summed E-state index contributed by atoms with van der Waals surface area (Å²) in [7, 11) is 0. The summed E-state index contributed by atoms with van der Waals surface area (Å²) in [6, 6.07) is 0. The number of hydrogen-bond acceptors (Lipinski definition) is 3. The van der Waals surface area contributed by atoms with Crippen molar-refractivity contribution in [1.82, 2.24) is 0 Å². The van der Waals surface area contributed by atoms with Crippen LogP contribution in [-0.4, -0.2) is 17.9 Å². The van der Waals surface area contributed by atoms with Crippen LogP contribution in [0.2, 0.25) is 0 Å². The Kier molecular flexibility index (Phi) is 4.37. The van der Waals surface area contributed by atoms with Crippen molar-refractivity contribution in [1.29, 1.82) is 0 Å². The average Bonchev–Trinajstić information content (AvgIpc) is 1.88. The third-order valence-corrected chi connectivity index (χ3v) is 1.10. The zero-order chi connectivity index (χ0) is 7.98. The first-order chi connectivity index (χ1) is 4.70. The van der Waals surface area contributed by atoms with Gasteiger partial charge in [-0.05, 0) is 0 Å². The van der Waals surface area contributed by atoms with Gasteiger partial charge in [0.25, 0.3) is 0 Å². The zero-order valence-electron chi connectivity index (χ0n) is 5.92. The Balaban J connectivity index is 3.57. The number of aldehydes is 1. The molecular formula is C7H10O3. The molecular weight excluding hydrogens is 132 g/mol. The standard InChI is InChI=1S/C7H10O3/c1-2-6(9)5-7(10)3-4-8/h4H,2-3,5H2,1H3. The van der Waals surface area contributed by atoms with Crippen molar-refractivity contribution < 1.29 is 14.4 Å². The van der Waals surface area contributed by atoms with E-state index in [9.17, 15) is 14.4 Å². The maximum atomic E-state index is 10.6. The van der Waals surface area contributed by atoms with E-state index >= 15 is 0 Å². The van der Waals surface area contributed by atoms with Crippen LogP contribution in [0.1, 0.15) is 26.2 Å². The zero-order valence-corrected chi connectivity index (χ0v) is 5.92. The maximum absolute atomic E-state index is 10.6. The maximum Gasteiger partial charge on any atom is 0.147 e. The monoisotopic (exact) mass is 142 g/mol. The molecule has 0 heterocycles. The van der Waals surface area contributed by atoms with Crippen LogP contribution in [0.5, 0.6) is 0 Å². The molecule has 0 spiro atoms. The molecule has 0 N–H and O–H groups in total. The van der Waals surface area contributed by atoms with Crippen LogP contribution < -0.4 is 0 Å². The fraction of sp³-hybridized carbons (Fsp3) is 0.571. The Labute approximate surface area is 59.4 Å². The predicted octanol–water partition coefficient (Wildman–Crippen LogP) is 0.514. The molecule has 0 fully saturated rings. The van der Waals surface area contributed by atoms with Gasteiger partial charge in [-0.25, -0.2) is 0 Å². The van der Waals surface area contributed by atoms with Gasteiger partial charge in [0.15, 0.2) is 0 Å². The number of rotatable bonds is 5. The van der Waals surface area contributed by atoms with Crippen LogP contribution in [-0.2, 0) is 14.4 Å². The van der Waals surface area contributed by atoms with Gasteiger partial charge in [-0.1, -0.05) is 6.92 Å². The van der Waals surface area contributed by atoms with Gasteiger partial charge in [-0.2, -0.15) is 0 Å². The molecule has 0 amide bonds. The minimum Gasteiger partial charge on any atom is -0.303 e. The lowest BCUT2D eigenvalue weighted by Crippen LogP contribution is -2.06. The van der Waals surface area contributed by atoms with E-state index in [1.165, 1.54) is 0 Å². The molecule has 0 rings (SSSR count). The normalized spacial score (nSPS) is 8.90. The van der Waals surface area contributed by atoms with Crippen LogP contribution in [0.4, 0.5) is 0 Å². The molecule has 10 heavy (non-hydrogen) atoms. The fourth-order valence-electron chi connectivity index (χ4n) is 0.510. The van der Waals surface area contributed by atoms with Crippen LogP contribution in [0, 0.1) is 0 Å². The first-order valence-electron chi connectivity index (χ1n) is 3.17. The Morgan fingerprint density at radius 1 is 1.30 bits per heavy atom. The lowest BCUT2D eigenvalue weighted by Gasteiger charge is -1.91. The second-order valence-electron chi connectivity index (χ2n) is 1.98.